The SMILES string of the molecule is O=C(Cl)c1ccc(C(=O)Oc2ccc(O)cc2)cc1. The molecular formula is C14H9ClO4. The van der Waals surface area contributed by atoms with Crippen LogP contribution in [0.1, 0.15) is 20.7 Å². The lowest BCUT2D eigenvalue weighted by Gasteiger charge is -2.04. The Labute approximate surface area is 114 Å². The second-order valence-corrected chi connectivity index (χ2v) is 4.08. The molecule has 0 bridgehead atoms. The van der Waals surface area contributed by atoms with E-state index in [0.717, 1.165) is 0 Å². The third-order valence-corrected chi connectivity index (χ3v) is 2.61. The lowest BCUT2D eigenvalue weighted by Crippen LogP contribution is -2.08. The molecule has 0 saturated heterocycles. The second-order valence-electron chi connectivity index (χ2n) is 3.73. The average molecular weight is 277 g/mol. The predicted molar refractivity (Wildman–Crippen MR) is 69.7 cm³/mol. The van der Waals surface area contributed by atoms with Gasteiger partial charge in [-0.05, 0) is 60.1 Å². The number of ether oxygens (including phenoxy) is 1. The van der Waals surface area contributed by atoms with Crippen molar-refractivity contribution < 1.29 is 19.4 Å². The molecular weight excluding hydrogens is 268 g/mol. The fourth-order valence-corrected chi connectivity index (χ4v) is 1.54. The highest BCUT2D eigenvalue weighted by Gasteiger charge is 2.09. The number of carbonyl (C=O) groups is 2. The van der Waals surface area contributed by atoms with E-state index in [0.29, 0.717) is 16.9 Å². The zero-order chi connectivity index (χ0) is 13.8. The fraction of sp³-hybridized carbons (Fsp3) is 0. The van der Waals surface area contributed by atoms with Gasteiger partial charge in [0.25, 0.3) is 5.24 Å². The molecule has 0 heterocycles. The minimum absolute atomic E-state index is 0.0878. The van der Waals surface area contributed by atoms with E-state index in [1.54, 1.807) is 0 Å². The van der Waals surface area contributed by atoms with E-state index in [1.165, 1.54) is 48.5 Å². The first-order valence-electron chi connectivity index (χ1n) is 5.37. The predicted octanol–water partition coefficient (Wildman–Crippen LogP) is 2.99. The molecule has 0 amide bonds. The van der Waals surface area contributed by atoms with E-state index in [9.17, 15) is 9.59 Å². The molecule has 0 spiro atoms. The molecule has 2 rings (SSSR count). The van der Waals surface area contributed by atoms with E-state index >= 15 is 0 Å². The van der Waals surface area contributed by atoms with E-state index < -0.39 is 11.2 Å². The molecule has 0 aliphatic rings. The van der Waals surface area contributed by atoms with Gasteiger partial charge in [-0.15, -0.1) is 0 Å². The number of benzene rings is 2. The van der Waals surface area contributed by atoms with Crippen LogP contribution in [-0.2, 0) is 0 Å². The second kappa shape index (κ2) is 5.54. The van der Waals surface area contributed by atoms with Crippen LogP contribution in [0.4, 0.5) is 0 Å². The Bertz CT molecular complexity index is 602. The first-order chi connectivity index (χ1) is 9.06. The summed E-state index contributed by atoms with van der Waals surface area (Å²) in [7, 11) is 0. The maximum atomic E-state index is 11.8. The smallest absolute Gasteiger partial charge is 0.343 e. The molecule has 0 unspecified atom stereocenters. The molecule has 4 nitrogen and oxygen atoms in total. The van der Waals surface area contributed by atoms with Crippen molar-refractivity contribution >= 4 is 22.8 Å². The van der Waals surface area contributed by atoms with Crippen LogP contribution in [0.3, 0.4) is 0 Å². The standard InChI is InChI=1S/C14H9ClO4/c15-13(17)9-1-3-10(4-2-9)14(18)19-12-7-5-11(16)6-8-12/h1-8,16H. The van der Waals surface area contributed by atoms with Gasteiger partial charge in [0.05, 0.1) is 5.56 Å². The van der Waals surface area contributed by atoms with Gasteiger partial charge in [-0.1, -0.05) is 0 Å². The van der Waals surface area contributed by atoms with Crippen LogP contribution in [0, 0.1) is 0 Å². The summed E-state index contributed by atoms with van der Waals surface area (Å²) in [4.78, 5) is 22.7. The Morgan fingerprint density at radius 2 is 1.42 bits per heavy atom. The van der Waals surface area contributed by atoms with Crippen molar-refractivity contribution in [3.8, 4) is 11.5 Å². The monoisotopic (exact) mass is 276 g/mol. The molecule has 5 heteroatoms. The topological polar surface area (TPSA) is 63.6 Å². The molecule has 0 aliphatic heterocycles. The fourth-order valence-electron chi connectivity index (χ4n) is 1.42. The van der Waals surface area contributed by atoms with E-state index in [2.05, 4.69) is 0 Å². The van der Waals surface area contributed by atoms with Gasteiger partial charge < -0.3 is 9.84 Å². The zero-order valence-electron chi connectivity index (χ0n) is 9.67. The molecule has 2 aromatic rings. The van der Waals surface area contributed by atoms with Crippen LogP contribution in [-0.4, -0.2) is 16.3 Å². The Morgan fingerprint density at radius 1 is 0.895 bits per heavy atom. The Balaban J connectivity index is 2.11. The van der Waals surface area contributed by atoms with Crippen molar-refractivity contribution in [1.82, 2.24) is 0 Å². The number of hydrogen-bond acceptors (Lipinski definition) is 4. The summed E-state index contributed by atoms with van der Waals surface area (Å²) in [6.07, 6.45) is 0. The van der Waals surface area contributed by atoms with Crippen molar-refractivity contribution in [1.29, 1.82) is 0 Å². The molecule has 0 atom stereocenters. The molecule has 2 aromatic carbocycles. The van der Waals surface area contributed by atoms with Crippen LogP contribution >= 0.6 is 11.6 Å². The quantitative estimate of drug-likeness (QED) is 0.532. The number of aromatic hydroxyl groups is 1. The number of phenols is 1. The van der Waals surface area contributed by atoms with Gasteiger partial charge in [0.1, 0.15) is 11.5 Å². The van der Waals surface area contributed by atoms with Crippen LogP contribution in [0.15, 0.2) is 48.5 Å². The average Bonchev–Trinajstić information content (AvgIpc) is 2.41. The van der Waals surface area contributed by atoms with Gasteiger partial charge in [0.15, 0.2) is 0 Å². The van der Waals surface area contributed by atoms with E-state index in [1.807, 2.05) is 0 Å². The highest BCUT2D eigenvalue weighted by molar-refractivity contribution is 6.67. The van der Waals surface area contributed by atoms with Crippen LogP contribution in [0.5, 0.6) is 11.5 Å². The summed E-state index contributed by atoms with van der Waals surface area (Å²) < 4.78 is 5.09. The van der Waals surface area contributed by atoms with Gasteiger partial charge >= 0.3 is 5.97 Å². The summed E-state index contributed by atoms with van der Waals surface area (Å²) in [6.45, 7) is 0. The lowest BCUT2D eigenvalue weighted by molar-refractivity contribution is 0.0734. The third-order valence-electron chi connectivity index (χ3n) is 2.39. The number of rotatable bonds is 3. The number of hydrogen-bond donors (Lipinski definition) is 1. The first-order valence-corrected chi connectivity index (χ1v) is 5.75. The van der Waals surface area contributed by atoms with Crippen molar-refractivity contribution in [2.45, 2.75) is 0 Å². The zero-order valence-corrected chi connectivity index (χ0v) is 10.4. The summed E-state index contributed by atoms with van der Waals surface area (Å²) in [5.74, 6) is -0.149. The van der Waals surface area contributed by atoms with Crippen LogP contribution in [0.2, 0.25) is 0 Å². The Kier molecular flexibility index (Phi) is 3.82. The van der Waals surface area contributed by atoms with Crippen LogP contribution < -0.4 is 4.74 Å². The van der Waals surface area contributed by atoms with Gasteiger partial charge in [-0.3, -0.25) is 4.79 Å². The molecule has 96 valence electrons. The van der Waals surface area contributed by atoms with Crippen LogP contribution in [0.25, 0.3) is 0 Å². The maximum absolute atomic E-state index is 11.8. The van der Waals surface area contributed by atoms with E-state index in [4.69, 9.17) is 21.4 Å². The number of halogens is 1. The van der Waals surface area contributed by atoms with Crippen molar-refractivity contribution in [2.75, 3.05) is 0 Å². The molecule has 0 saturated carbocycles. The van der Waals surface area contributed by atoms with Crippen molar-refractivity contribution in [3.05, 3.63) is 59.7 Å². The summed E-state index contributed by atoms with van der Waals surface area (Å²) in [6, 6.07) is 11.6. The molecule has 0 aromatic heterocycles. The van der Waals surface area contributed by atoms with Gasteiger partial charge in [0.2, 0.25) is 0 Å². The minimum atomic E-state index is -0.585. The van der Waals surface area contributed by atoms with Gasteiger partial charge in [-0.25, -0.2) is 4.79 Å². The molecule has 0 fully saturated rings. The first kappa shape index (κ1) is 13.1. The summed E-state index contributed by atoms with van der Waals surface area (Å²) >= 11 is 5.30. The maximum Gasteiger partial charge on any atom is 0.343 e. The normalized spacial score (nSPS) is 9.95. The van der Waals surface area contributed by atoms with E-state index in [-0.39, 0.29) is 5.75 Å². The van der Waals surface area contributed by atoms with Crippen molar-refractivity contribution in [2.24, 2.45) is 0 Å². The molecule has 0 aliphatic carbocycles. The highest BCUT2D eigenvalue weighted by Crippen LogP contribution is 2.17. The number of esters is 1. The molecule has 1 N–H and O–H groups in total. The third kappa shape index (κ3) is 3.33. The van der Waals surface area contributed by atoms with Crippen molar-refractivity contribution in [3.63, 3.8) is 0 Å². The Morgan fingerprint density at radius 3 is 1.95 bits per heavy atom. The lowest BCUT2D eigenvalue weighted by atomic mass is 10.1. The summed E-state index contributed by atoms with van der Waals surface area (Å²) in [5, 5.41) is 8.52. The Hall–Kier alpha value is -2.33. The number of phenolic OH excluding ortho intramolecular Hbond substituents is 1. The highest BCUT2D eigenvalue weighted by atomic mass is 35.5. The largest absolute Gasteiger partial charge is 0.508 e. The molecule has 19 heavy (non-hydrogen) atoms. The molecule has 0 radical (unpaired) electrons. The van der Waals surface area contributed by atoms with Gasteiger partial charge in [0, 0.05) is 5.56 Å². The van der Waals surface area contributed by atoms with Gasteiger partial charge in [-0.2, -0.15) is 0 Å². The number of carbonyl (C=O) groups excluding carboxylic acids is 2. The minimum Gasteiger partial charge on any atom is -0.508 e. The summed E-state index contributed by atoms with van der Waals surface area (Å²) in [5.41, 5.74) is 0.609.